The molecule has 1 atom stereocenters. The van der Waals surface area contributed by atoms with Gasteiger partial charge in [0.25, 0.3) is 0 Å². The number of nitrogens with one attached hydrogen (secondary N) is 1. The lowest BCUT2D eigenvalue weighted by molar-refractivity contribution is -0.117. The van der Waals surface area contributed by atoms with Crippen molar-refractivity contribution in [1.82, 2.24) is 0 Å². The van der Waals surface area contributed by atoms with Crippen LogP contribution in [0.5, 0.6) is 0 Å². The normalized spacial score (nSPS) is 11.7. The fourth-order valence-corrected chi connectivity index (χ4v) is 2.18. The number of hydrogen-bond donors (Lipinski definition) is 2. The summed E-state index contributed by atoms with van der Waals surface area (Å²) >= 11 is 0. The minimum absolute atomic E-state index is 0.0909. The lowest BCUT2D eigenvalue weighted by atomic mass is 9.95. The van der Waals surface area contributed by atoms with Crippen molar-refractivity contribution in [2.45, 2.75) is 19.3 Å². The molecule has 1 amide bonds. The molecule has 0 radical (unpaired) electrons. The molecule has 0 bridgehead atoms. The van der Waals surface area contributed by atoms with Gasteiger partial charge in [-0.2, -0.15) is 0 Å². The Kier molecular flexibility index (Phi) is 4.72. The Bertz CT molecular complexity index is 620. The Morgan fingerprint density at radius 3 is 2.19 bits per heavy atom. The van der Waals surface area contributed by atoms with Crippen molar-refractivity contribution in [3.05, 3.63) is 65.7 Å². The molecule has 0 spiro atoms. The van der Waals surface area contributed by atoms with E-state index in [4.69, 9.17) is 5.11 Å². The van der Waals surface area contributed by atoms with E-state index in [1.54, 1.807) is 12.1 Å². The summed E-state index contributed by atoms with van der Waals surface area (Å²) in [5.41, 5.74) is 1.77. The average molecular weight is 283 g/mol. The van der Waals surface area contributed by atoms with Crippen molar-refractivity contribution < 1.29 is 14.7 Å². The SMILES string of the molecule is CC[C@H](C(=O)Nc1ccc(C(=O)O)cc1)c1ccccc1. The number of benzene rings is 2. The first-order chi connectivity index (χ1) is 10.1. The van der Waals surface area contributed by atoms with Crippen LogP contribution in [0.4, 0.5) is 5.69 Å². The highest BCUT2D eigenvalue weighted by Gasteiger charge is 2.18. The molecule has 2 N–H and O–H groups in total. The number of rotatable bonds is 5. The zero-order valence-corrected chi connectivity index (χ0v) is 11.7. The van der Waals surface area contributed by atoms with Gasteiger partial charge in [0.05, 0.1) is 11.5 Å². The first kappa shape index (κ1) is 14.8. The van der Waals surface area contributed by atoms with Gasteiger partial charge in [-0.25, -0.2) is 4.79 Å². The molecular weight excluding hydrogens is 266 g/mol. The van der Waals surface area contributed by atoms with Crippen LogP contribution in [-0.4, -0.2) is 17.0 Å². The summed E-state index contributed by atoms with van der Waals surface area (Å²) < 4.78 is 0. The van der Waals surface area contributed by atoms with E-state index in [0.29, 0.717) is 12.1 Å². The zero-order chi connectivity index (χ0) is 15.2. The van der Waals surface area contributed by atoms with Gasteiger partial charge in [-0.05, 0) is 36.2 Å². The molecule has 0 heterocycles. The van der Waals surface area contributed by atoms with Gasteiger partial charge in [-0.1, -0.05) is 37.3 Å². The van der Waals surface area contributed by atoms with Gasteiger partial charge >= 0.3 is 5.97 Å². The van der Waals surface area contributed by atoms with Crippen molar-refractivity contribution in [2.75, 3.05) is 5.32 Å². The molecule has 0 fully saturated rings. The fourth-order valence-electron chi connectivity index (χ4n) is 2.18. The third-order valence-corrected chi connectivity index (χ3v) is 3.33. The van der Waals surface area contributed by atoms with E-state index >= 15 is 0 Å². The van der Waals surface area contributed by atoms with Crippen molar-refractivity contribution in [2.24, 2.45) is 0 Å². The number of carbonyl (C=O) groups excluding carboxylic acids is 1. The lowest BCUT2D eigenvalue weighted by Gasteiger charge is -2.15. The predicted octanol–water partition coefficient (Wildman–Crippen LogP) is 3.52. The quantitative estimate of drug-likeness (QED) is 0.882. The number of amides is 1. The van der Waals surface area contributed by atoms with Crippen LogP contribution in [0.15, 0.2) is 54.6 Å². The van der Waals surface area contributed by atoms with Crippen molar-refractivity contribution >= 4 is 17.6 Å². The monoisotopic (exact) mass is 283 g/mol. The Morgan fingerprint density at radius 1 is 1.05 bits per heavy atom. The van der Waals surface area contributed by atoms with E-state index in [0.717, 1.165) is 5.56 Å². The van der Waals surface area contributed by atoms with Crippen molar-refractivity contribution in [1.29, 1.82) is 0 Å². The van der Waals surface area contributed by atoms with Gasteiger partial charge in [0.1, 0.15) is 0 Å². The molecule has 0 unspecified atom stereocenters. The third-order valence-electron chi connectivity index (χ3n) is 3.33. The number of hydrogen-bond acceptors (Lipinski definition) is 2. The Hall–Kier alpha value is -2.62. The third kappa shape index (κ3) is 3.69. The maximum atomic E-state index is 12.3. The van der Waals surface area contributed by atoms with Gasteiger partial charge < -0.3 is 10.4 Å². The number of carbonyl (C=O) groups is 2. The molecule has 4 nitrogen and oxygen atoms in total. The molecule has 0 saturated carbocycles. The molecule has 2 rings (SSSR count). The van der Waals surface area contributed by atoms with Gasteiger partial charge in [-0.15, -0.1) is 0 Å². The zero-order valence-electron chi connectivity index (χ0n) is 11.7. The van der Waals surface area contributed by atoms with E-state index in [1.807, 2.05) is 37.3 Å². The summed E-state index contributed by atoms with van der Waals surface area (Å²) in [4.78, 5) is 23.1. The second-order valence-electron chi connectivity index (χ2n) is 4.74. The van der Waals surface area contributed by atoms with Crippen molar-refractivity contribution in [3.8, 4) is 0 Å². The summed E-state index contributed by atoms with van der Waals surface area (Å²) in [6.45, 7) is 1.96. The summed E-state index contributed by atoms with van der Waals surface area (Å²) in [6, 6.07) is 15.7. The molecule has 21 heavy (non-hydrogen) atoms. The smallest absolute Gasteiger partial charge is 0.335 e. The summed E-state index contributed by atoms with van der Waals surface area (Å²) in [7, 11) is 0. The van der Waals surface area contributed by atoms with Crippen LogP contribution in [0.2, 0.25) is 0 Å². The van der Waals surface area contributed by atoms with E-state index in [1.165, 1.54) is 12.1 Å². The second-order valence-corrected chi connectivity index (χ2v) is 4.74. The van der Waals surface area contributed by atoms with Gasteiger partial charge in [0.2, 0.25) is 5.91 Å². The predicted molar refractivity (Wildman–Crippen MR) is 81.5 cm³/mol. The lowest BCUT2D eigenvalue weighted by Crippen LogP contribution is -2.20. The summed E-state index contributed by atoms with van der Waals surface area (Å²) in [6.07, 6.45) is 0.697. The van der Waals surface area contributed by atoms with Crippen LogP contribution >= 0.6 is 0 Å². The number of aromatic carboxylic acids is 1. The molecule has 0 saturated heterocycles. The van der Waals surface area contributed by atoms with Crippen molar-refractivity contribution in [3.63, 3.8) is 0 Å². The van der Waals surface area contributed by atoms with Crippen LogP contribution in [-0.2, 0) is 4.79 Å². The highest BCUT2D eigenvalue weighted by Crippen LogP contribution is 2.21. The van der Waals surface area contributed by atoms with Crippen LogP contribution in [0.3, 0.4) is 0 Å². The standard InChI is InChI=1S/C17H17NO3/c1-2-15(12-6-4-3-5-7-12)16(19)18-14-10-8-13(9-11-14)17(20)21/h3-11,15H,2H2,1H3,(H,18,19)(H,20,21)/t15-/m0/s1. The Balaban J connectivity index is 2.11. The van der Waals surface area contributed by atoms with Crippen LogP contribution in [0, 0.1) is 0 Å². The molecule has 2 aromatic rings. The molecule has 0 aliphatic rings. The molecule has 0 aliphatic heterocycles. The van der Waals surface area contributed by atoms with E-state index in [2.05, 4.69) is 5.32 Å². The summed E-state index contributed by atoms with van der Waals surface area (Å²) in [5, 5.41) is 11.7. The molecule has 2 aromatic carbocycles. The minimum atomic E-state index is -0.983. The maximum Gasteiger partial charge on any atom is 0.335 e. The van der Waals surface area contributed by atoms with Gasteiger partial charge in [0.15, 0.2) is 0 Å². The number of carboxylic acid groups (broad SMARTS) is 1. The molecule has 4 heteroatoms. The molecule has 108 valence electrons. The average Bonchev–Trinajstić information content (AvgIpc) is 2.49. The first-order valence-corrected chi connectivity index (χ1v) is 6.81. The van der Waals surface area contributed by atoms with Crippen LogP contribution in [0.1, 0.15) is 35.2 Å². The van der Waals surface area contributed by atoms with E-state index in [9.17, 15) is 9.59 Å². The fraction of sp³-hybridized carbons (Fsp3) is 0.176. The van der Waals surface area contributed by atoms with E-state index in [-0.39, 0.29) is 17.4 Å². The van der Waals surface area contributed by atoms with Crippen LogP contribution < -0.4 is 5.32 Å². The first-order valence-electron chi connectivity index (χ1n) is 6.81. The number of carboxylic acids is 1. The molecule has 0 aromatic heterocycles. The Morgan fingerprint density at radius 2 is 1.67 bits per heavy atom. The maximum absolute atomic E-state index is 12.3. The second kappa shape index (κ2) is 6.70. The largest absolute Gasteiger partial charge is 0.478 e. The van der Waals surface area contributed by atoms with Gasteiger partial charge in [0, 0.05) is 5.69 Å². The topological polar surface area (TPSA) is 66.4 Å². The molecule has 0 aliphatic carbocycles. The minimum Gasteiger partial charge on any atom is -0.478 e. The highest BCUT2D eigenvalue weighted by molar-refractivity contribution is 5.96. The van der Waals surface area contributed by atoms with E-state index < -0.39 is 5.97 Å². The Labute approximate surface area is 123 Å². The number of anilines is 1. The van der Waals surface area contributed by atoms with Crippen LogP contribution in [0.25, 0.3) is 0 Å². The molecular formula is C17H17NO3. The van der Waals surface area contributed by atoms with Gasteiger partial charge in [-0.3, -0.25) is 4.79 Å². The highest BCUT2D eigenvalue weighted by atomic mass is 16.4. The summed E-state index contributed by atoms with van der Waals surface area (Å²) in [5.74, 6) is -1.29.